The lowest BCUT2D eigenvalue weighted by atomic mass is 10.1. The van der Waals surface area contributed by atoms with Crippen LogP contribution in [0, 0.1) is 5.82 Å². The zero-order valence-electron chi connectivity index (χ0n) is 15.7. The summed E-state index contributed by atoms with van der Waals surface area (Å²) >= 11 is 0. The van der Waals surface area contributed by atoms with Crippen LogP contribution in [0.3, 0.4) is 0 Å². The summed E-state index contributed by atoms with van der Waals surface area (Å²) in [6, 6.07) is 9.23. The van der Waals surface area contributed by atoms with Crippen LogP contribution in [0.4, 0.5) is 4.39 Å². The summed E-state index contributed by atoms with van der Waals surface area (Å²) < 4.78 is 16.0. The molecule has 0 atom stereocenters. The van der Waals surface area contributed by atoms with E-state index in [1.165, 1.54) is 6.07 Å². The Kier molecular flexibility index (Phi) is 10.3. The largest absolute Gasteiger partial charge is 0.357 e. The van der Waals surface area contributed by atoms with Crippen LogP contribution >= 0.6 is 24.0 Å². The van der Waals surface area contributed by atoms with Crippen molar-refractivity contribution in [2.24, 2.45) is 4.99 Å². The second-order valence-electron chi connectivity index (χ2n) is 6.21. The topological polar surface area (TPSA) is 44.6 Å². The van der Waals surface area contributed by atoms with Crippen molar-refractivity contribution < 1.29 is 4.39 Å². The molecule has 0 aliphatic heterocycles. The first-order chi connectivity index (χ1) is 12.1. The lowest BCUT2D eigenvalue weighted by molar-refractivity contribution is 0.392. The molecule has 0 aliphatic carbocycles. The average Bonchev–Trinajstić information content (AvgIpc) is 3.08. The molecule has 0 unspecified atom stereocenters. The van der Waals surface area contributed by atoms with E-state index >= 15 is 0 Å². The number of benzene rings is 1. The zero-order chi connectivity index (χ0) is 18.1. The summed E-state index contributed by atoms with van der Waals surface area (Å²) in [7, 11) is 3.87. The van der Waals surface area contributed by atoms with Crippen molar-refractivity contribution in [2.45, 2.75) is 26.6 Å². The standard InChI is InChI=1S/C19H28FN5.HI/c1-4-21-19(22-9-12-25-10-5-6-11-25)23-14-16-7-8-18(20)17(13-16)15-24(2)3;/h5-8,10-11,13H,4,9,12,14-15H2,1-3H3,(H2,21,22,23);1H. The maximum Gasteiger partial charge on any atom is 0.191 e. The lowest BCUT2D eigenvalue weighted by Crippen LogP contribution is -2.38. The Morgan fingerprint density at radius 1 is 1.19 bits per heavy atom. The number of halogens is 2. The van der Waals surface area contributed by atoms with Gasteiger partial charge in [0, 0.05) is 44.1 Å². The number of rotatable bonds is 8. The predicted molar refractivity (Wildman–Crippen MR) is 116 cm³/mol. The van der Waals surface area contributed by atoms with Crippen LogP contribution < -0.4 is 10.6 Å². The molecule has 2 rings (SSSR count). The summed E-state index contributed by atoms with van der Waals surface area (Å²) in [6.45, 7) is 5.59. The number of nitrogens with one attached hydrogen (secondary N) is 2. The quantitative estimate of drug-likeness (QED) is 0.352. The second-order valence-corrected chi connectivity index (χ2v) is 6.21. The monoisotopic (exact) mass is 473 g/mol. The molecule has 1 aromatic heterocycles. The number of hydrogen-bond acceptors (Lipinski definition) is 2. The van der Waals surface area contributed by atoms with Gasteiger partial charge in [0.25, 0.3) is 0 Å². The van der Waals surface area contributed by atoms with Gasteiger partial charge in [0.1, 0.15) is 5.82 Å². The molecule has 0 radical (unpaired) electrons. The van der Waals surface area contributed by atoms with Crippen molar-refractivity contribution in [3.05, 3.63) is 59.7 Å². The molecule has 1 heterocycles. The molecule has 5 nitrogen and oxygen atoms in total. The van der Waals surface area contributed by atoms with Gasteiger partial charge in [-0.25, -0.2) is 9.38 Å². The van der Waals surface area contributed by atoms with E-state index < -0.39 is 0 Å². The zero-order valence-corrected chi connectivity index (χ0v) is 18.0. The van der Waals surface area contributed by atoms with E-state index in [2.05, 4.69) is 20.2 Å². The number of aliphatic imine (C=N–C) groups is 1. The lowest BCUT2D eigenvalue weighted by Gasteiger charge is -2.13. The van der Waals surface area contributed by atoms with Crippen LogP contribution in [0.25, 0.3) is 0 Å². The van der Waals surface area contributed by atoms with E-state index in [4.69, 9.17) is 0 Å². The molecule has 144 valence electrons. The van der Waals surface area contributed by atoms with E-state index in [1.54, 1.807) is 6.07 Å². The smallest absolute Gasteiger partial charge is 0.191 e. The molecule has 0 spiro atoms. The van der Waals surface area contributed by atoms with Crippen molar-refractivity contribution in [2.75, 3.05) is 27.2 Å². The number of hydrogen-bond donors (Lipinski definition) is 2. The molecule has 7 heteroatoms. The first kappa shape index (κ1) is 22.4. The molecule has 2 N–H and O–H groups in total. The van der Waals surface area contributed by atoms with E-state index in [0.29, 0.717) is 18.7 Å². The Morgan fingerprint density at radius 2 is 1.92 bits per heavy atom. The molecule has 0 saturated carbocycles. The minimum atomic E-state index is -0.168. The van der Waals surface area contributed by atoms with Crippen molar-refractivity contribution >= 4 is 29.9 Å². The minimum Gasteiger partial charge on any atom is -0.357 e. The summed E-state index contributed by atoms with van der Waals surface area (Å²) in [5, 5.41) is 6.56. The third-order valence-electron chi connectivity index (χ3n) is 3.69. The molecule has 1 aromatic carbocycles. The van der Waals surface area contributed by atoms with Gasteiger partial charge in [-0.05, 0) is 50.8 Å². The van der Waals surface area contributed by atoms with Crippen LogP contribution in [0.1, 0.15) is 18.1 Å². The van der Waals surface area contributed by atoms with Crippen molar-refractivity contribution in [1.82, 2.24) is 20.1 Å². The van der Waals surface area contributed by atoms with Crippen LogP contribution in [-0.2, 0) is 19.6 Å². The fraction of sp³-hybridized carbons (Fsp3) is 0.421. The Morgan fingerprint density at radius 3 is 2.58 bits per heavy atom. The SMILES string of the molecule is CCNC(=NCc1ccc(F)c(CN(C)C)c1)NCCn1cccc1.I. The van der Waals surface area contributed by atoms with E-state index in [-0.39, 0.29) is 29.8 Å². The Balaban J connectivity index is 0.00000338. The van der Waals surface area contributed by atoms with Gasteiger partial charge in [0.15, 0.2) is 5.96 Å². The highest BCUT2D eigenvalue weighted by molar-refractivity contribution is 14.0. The van der Waals surface area contributed by atoms with Crippen LogP contribution in [0.5, 0.6) is 0 Å². The average molecular weight is 473 g/mol. The van der Waals surface area contributed by atoms with Gasteiger partial charge >= 0.3 is 0 Å². The maximum atomic E-state index is 13.9. The molecule has 26 heavy (non-hydrogen) atoms. The number of aromatic nitrogens is 1. The predicted octanol–water partition coefficient (Wildman–Crippen LogP) is 3.06. The Hall–Kier alpha value is -1.61. The molecule has 0 saturated heterocycles. The van der Waals surface area contributed by atoms with Gasteiger partial charge < -0.3 is 20.1 Å². The van der Waals surface area contributed by atoms with Crippen LogP contribution in [0.2, 0.25) is 0 Å². The Labute approximate surface area is 172 Å². The summed E-state index contributed by atoms with van der Waals surface area (Å²) in [5.74, 6) is 0.603. The Bertz CT molecular complexity index is 671. The van der Waals surface area contributed by atoms with Crippen molar-refractivity contribution in [3.8, 4) is 0 Å². The molecule has 0 amide bonds. The van der Waals surface area contributed by atoms with Gasteiger partial charge in [-0.1, -0.05) is 6.07 Å². The molecular weight excluding hydrogens is 444 g/mol. The van der Waals surface area contributed by atoms with Gasteiger partial charge in [-0.3, -0.25) is 0 Å². The van der Waals surface area contributed by atoms with Gasteiger partial charge in [-0.2, -0.15) is 0 Å². The molecule has 2 aromatic rings. The summed E-state index contributed by atoms with van der Waals surface area (Å²) in [4.78, 5) is 6.56. The summed E-state index contributed by atoms with van der Waals surface area (Å²) in [6.07, 6.45) is 4.08. The summed E-state index contributed by atoms with van der Waals surface area (Å²) in [5.41, 5.74) is 1.70. The first-order valence-corrected chi connectivity index (χ1v) is 8.63. The van der Waals surface area contributed by atoms with Crippen LogP contribution in [0.15, 0.2) is 47.7 Å². The highest BCUT2D eigenvalue weighted by Crippen LogP contribution is 2.13. The fourth-order valence-corrected chi connectivity index (χ4v) is 2.52. The first-order valence-electron chi connectivity index (χ1n) is 8.63. The number of guanidine groups is 1. The molecular formula is C19H29FIN5. The molecule has 0 bridgehead atoms. The molecule has 0 fully saturated rings. The van der Waals surface area contributed by atoms with E-state index in [1.807, 2.05) is 56.5 Å². The highest BCUT2D eigenvalue weighted by Gasteiger charge is 2.05. The third-order valence-corrected chi connectivity index (χ3v) is 3.69. The van der Waals surface area contributed by atoms with Crippen molar-refractivity contribution in [3.63, 3.8) is 0 Å². The number of nitrogens with zero attached hydrogens (tertiary/aromatic N) is 3. The third kappa shape index (κ3) is 7.74. The van der Waals surface area contributed by atoms with E-state index in [9.17, 15) is 4.39 Å². The maximum absolute atomic E-state index is 13.9. The fourth-order valence-electron chi connectivity index (χ4n) is 2.52. The van der Waals surface area contributed by atoms with Crippen LogP contribution in [-0.4, -0.2) is 42.6 Å². The van der Waals surface area contributed by atoms with E-state index in [0.717, 1.165) is 31.2 Å². The molecule has 0 aliphatic rings. The second kappa shape index (κ2) is 11.9. The minimum absolute atomic E-state index is 0. The van der Waals surface area contributed by atoms with Gasteiger partial charge in [0.2, 0.25) is 0 Å². The van der Waals surface area contributed by atoms with Crippen molar-refractivity contribution in [1.29, 1.82) is 0 Å². The highest BCUT2D eigenvalue weighted by atomic mass is 127. The van der Waals surface area contributed by atoms with Gasteiger partial charge in [-0.15, -0.1) is 24.0 Å². The normalized spacial score (nSPS) is 11.3. The van der Waals surface area contributed by atoms with Gasteiger partial charge in [0.05, 0.1) is 6.54 Å².